The van der Waals surface area contributed by atoms with E-state index in [2.05, 4.69) is 48.4 Å². The summed E-state index contributed by atoms with van der Waals surface area (Å²) in [4.78, 5) is 28.2. The Morgan fingerprint density at radius 2 is 1.78 bits per heavy atom. The molecule has 0 amide bonds. The second-order valence-electron chi connectivity index (χ2n) is 8.78. The Hall–Kier alpha value is -2.76. The van der Waals surface area contributed by atoms with E-state index < -0.39 is 0 Å². The van der Waals surface area contributed by atoms with Gasteiger partial charge in [-0.05, 0) is 51.0 Å². The highest BCUT2D eigenvalue weighted by atomic mass is 16.5. The van der Waals surface area contributed by atoms with Gasteiger partial charge in [0.2, 0.25) is 0 Å². The Bertz CT molecular complexity index is 954. The average molecular weight is 435 g/mol. The van der Waals surface area contributed by atoms with E-state index in [9.17, 15) is 9.59 Å². The second kappa shape index (κ2) is 10.7. The van der Waals surface area contributed by atoms with Crippen LogP contribution >= 0.6 is 0 Å². The standard InChI is InChI=1S/C27H34N2O3/c1-6-14-28-16-20(3)29(17-19(28)2)27(24-12-10-23(11-13-24)22(5)31)25-8-7-9-26(15-25)32-18-21(4)30/h6-13,15,19-20,27H,1,14,16-18H2,2-5H3/t19-,20+,27?/m1/s1. The zero-order valence-corrected chi connectivity index (χ0v) is 19.6. The molecule has 1 heterocycles. The van der Waals surface area contributed by atoms with Crippen molar-refractivity contribution in [3.8, 4) is 5.75 Å². The zero-order chi connectivity index (χ0) is 23.3. The number of nitrogens with zero attached hydrogens (tertiary/aromatic N) is 2. The molecule has 0 spiro atoms. The molecule has 1 aliphatic heterocycles. The number of Topliss-reactive ketones (excluding diaryl/α,β-unsaturated/α-hetero) is 2. The first-order valence-electron chi connectivity index (χ1n) is 11.2. The van der Waals surface area contributed by atoms with Crippen molar-refractivity contribution in [2.75, 3.05) is 26.2 Å². The zero-order valence-electron chi connectivity index (χ0n) is 19.6. The van der Waals surface area contributed by atoms with Crippen LogP contribution in [0.2, 0.25) is 0 Å². The lowest BCUT2D eigenvalue weighted by Crippen LogP contribution is -2.57. The number of carbonyl (C=O) groups excluding carboxylic acids is 2. The average Bonchev–Trinajstić information content (AvgIpc) is 2.76. The van der Waals surface area contributed by atoms with Crippen LogP contribution in [0.3, 0.4) is 0 Å². The Morgan fingerprint density at radius 1 is 1.06 bits per heavy atom. The van der Waals surface area contributed by atoms with Gasteiger partial charge in [-0.2, -0.15) is 0 Å². The summed E-state index contributed by atoms with van der Waals surface area (Å²) in [6.07, 6.45) is 1.96. The third-order valence-electron chi connectivity index (χ3n) is 6.11. The second-order valence-corrected chi connectivity index (χ2v) is 8.78. The molecule has 3 atom stereocenters. The number of ether oxygens (including phenoxy) is 1. The highest BCUT2D eigenvalue weighted by molar-refractivity contribution is 5.94. The molecule has 0 N–H and O–H groups in total. The monoisotopic (exact) mass is 434 g/mol. The molecule has 5 heteroatoms. The first-order chi connectivity index (χ1) is 15.3. The minimum atomic E-state index is -0.00689. The maximum Gasteiger partial charge on any atom is 0.167 e. The molecule has 1 fully saturated rings. The third kappa shape index (κ3) is 5.72. The molecule has 0 saturated carbocycles. The highest BCUT2D eigenvalue weighted by Gasteiger charge is 2.34. The van der Waals surface area contributed by atoms with Crippen LogP contribution in [-0.4, -0.2) is 59.7 Å². The normalized spacial score (nSPS) is 20.5. The lowest BCUT2D eigenvalue weighted by atomic mass is 9.92. The summed E-state index contributed by atoms with van der Waals surface area (Å²) in [5.41, 5.74) is 2.95. The molecular formula is C27H34N2O3. The van der Waals surface area contributed by atoms with E-state index in [1.807, 2.05) is 36.4 Å². The van der Waals surface area contributed by atoms with Crippen molar-refractivity contribution in [1.82, 2.24) is 9.80 Å². The Balaban J connectivity index is 1.99. The molecule has 0 aromatic heterocycles. The lowest BCUT2D eigenvalue weighted by molar-refractivity contribution is -0.118. The van der Waals surface area contributed by atoms with Gasteiger partial charge in [-0.1, -0.05) is 42.5 Å². The summed E-state index contributed by atoms with van der Waals surface area (Å²) in [6.45, 7) is 14.3. The van der Waals surface area contributed by atoms with Crippen molar-refractivity contribution in [3.63, 3.8) is 0 Å². The molecule has 32 heavy (non-hydrogen) atoms. The maximum absolute atomic E-state index is 11.8. The predicted octanol–water partition coefficient (Wildman–Crippen LogP) is 4.53. The Labute approximate surface area is 191 Å². The van der Waals surface area contributed by atoms with Gasteiger partial charge in [-0.3, -0.25) is 19.4 Å². The number of hydrogen-bond acceptors (Lipinski definition) is 5. The molecule has 0 radical (unpaired) electrons. The fourth-order valence-electron chi connectivity index (χ4n) is 4.44. The molecule has 170 valence electrons. The van der Waals surface area contributed by atoms with Crippen LogP contribution in [0, 0.1) is 0 Å². The summed E-state index contributed by atoms with van der Waals surface area (Å²) in [5, 5.41) is 0. The van der Waals surface area contributed by atoms with Gasteiger partial charge in [0.05, 0.1) is 6.04 Å². The van der Waals surface area contributed by atoms with Crippen molar-refractivity contribution in [3.05, 3.63) is 77.9 Å². The molecule has 0 bridgehead atoms. The number of rotatable bonds is 9. The summed E-state index contributed by atoms with van der Waals surface area (Å²) in [6, 6.07) is 16.6. The maximum atomic E-state index is 11.8. The van der Waals surface area contributed by atoms with Gasteiger partial charge in [0.1, 0.15) is 12.4 Å². The Kier molecular flexibility index (Phi) is 7.99. The SMILES string of the molecule is C=CCN1C[C@H](C)N(C(c2ccc(C(C)=O)cc2)c2cccc(OCC(C)=O)c2)C[C@H]1C. The minimum absolute atomic E-state index is 0.00689. The topological polar surface area (TPSA) is 49.9 Å². The molecule has 3 rings (SSSR count). The molecule has 2 aromatic rings. The van der Waals surface area contributed by atoms with Gasteiger partial charge < -0.3 is 4.74 Å². The fraction of sp³-hybridized carbons (Fsp3) is 0.407. The number of ketones is 2. The van der Waals surface area contributed by atoms with Crippen LogP contribution in [0.4, 0.5) is 0 Å². The summed E-state index contributed by atoms with van der Waals surface area (Å²) >= 11 is 0. The number of carbonyl (C=O) groups is 2. The smallest absolute Gasteiger partial charge is 0.167 e. The molecule has 1 saturated heterocycles. The first kappa shape index (κ1) is 23.9. The molecular weight excluding hydrogens is 400 g/mol. The molecule has 1 unspecified atom stereocenters. The first-order valence-corrected chi connectivity index (χ1v) is 11.2. The highest BCUT2D eigenvalue weighted by Crippen LogP contribution is 2.35. The van der Waals surface area contributed by atoms with Crippen LogP contribution in [0.25, 0.3) is 0 Å². The summed E-state index contributed by atoms with van der Waals surface area (Å²) in [5.74, 6) is 0.745. The van der Waals surface area contributed by atoms with Gasteiger partial charge in [0.25, 0.3) is 0 Å². The van der Waals surface area contributed by atoms with Gasteiger partial charge in [-0.15, -0.1) is 6.58 Å². The van der Waals surface area contributed by atoms with Crippen molar-refractivity contribution in [1.29, 1.82) is 0 Å². The van der Waals surface area contributed by atoms with E-state index in [4.69, 9.17) is 4.74 Å². The van der Waals surface area contributed by atoms with Gasteiger partial charge in [0, 0.05) is 37.3 Å². The van der Waals surface area contributed by atoms with Crippen molar-refractivity contribution in [2.24, 2.45) is 0 Å². The lowest BCUT2D eigenvalue weighted by Gasteiger charge is -2.47. The van der Waals surface area contributed by atoms with E-state index in [1.54, 1.807) is 6.92 Å². The van der Waals surface area contributed by atoms with Crippen molar-refractivity contribution in [2.45, 2.75) is 45.8 Å². The van der Waals surface area contributed by atoms with Gasteiger partial charge >= 0.3 is 0 Å². The van der Waals surface area contributed by atoms with E-state index in [0.717, 1.165) is 30.8 Å². The van der Waals surface area contributed by atoms with Gasteiger partial charge in [0.15, 0.2) is 11.6 Å². The largest absolute Gasteiger partial charge is 0.486 e. The van der Waals surface area contributed by atoms with E-state index in [1.165, 1.54) is 6.92 Å². The van der Waals surface area contributed by atoms with Crippen molar-refractivity contribution < 1.29 is 14.3 Å². The van der Waals surface area contributed by atoms with E-state index in [-0.39, 0.29) is 24.2 Å². The Morgan fingerprint density at radius 3 is 2.41 bits per heavy atom. The number of piperazine rings is 1. The quantitative estimate of drug-likeness (QED) is 0.429. The van der Waals surface area contributed by atoms with Crippen LogP contribution in [0.15, 0.2) is 61.2 Å². The van der Waals surface area contributed by atoms with Crippen molar-refractivity contribution >= 4 is 11.6 Å². The third-order valence-corrected chi connectivity index (χ3v) is 6.11. The fourth-order valence-corrected chi connectivity index (χ4v) is 4.44. The van der Waals surface area contributed by atoms with E-state index >= 15 is 0 Å². The van der Waals surface area contributed by atoms with Gasteiger partial charge in [-0.25, -0.2) is 0 Å². The number of benzene rings is 2. The predicted molar refractivity (Wildman–Crippen MR) is 128 cm³/mol. The number of hydrogen-bond donors (Lipinski definition) is 0. The molecule has 5 nitrogen and oxygen atoms in total. The van der Waals surface area contributed by atoms with E-state index in [0.29, 0.717) is 23.4 Å². The molecule has 2 aromatic carbocycles. The summed E-state index contributed by atoms with van der Waals surface area (Å²) < 4.78 is 5.70. The summed E-state index contributed by atoms with van der Waals surface area (Å²) in [7, 11) is 0. The van der Waals surface area contributed by atoms with Crippen LogP contribution in [0.5, 0.6) is 5.75 Å². The molecule has 0 aliphatic carbocycles. The van der Waals surface area contributed by atoms with Crippen LogP contribution in [0.1, 0.15) is 55.2 Å². The molecule has 1 aliphatic rings. The van der Waals surface area contributed by atoms with Crippen LogP contribution < -0.4 is 4.74 Å². The van der Waals surface area contributed by atoms with Crippen LogP contribution in [-0.2, 0) is 4.79 Å². The minimum Gasteiger partial charge on any atom is -0.486 e.